The lowest BCUT2D eigenvalue weighted by molar-refractivity contribution is -0.138. The molecule has 3 aliphatic rings. The van der Waals surface area contributed by atoms with Crippen LogP contribution in [-0.2, 0) is 27.4 Å². The number of carbonyl (C=O) groups is 3. The third-order valence-corrected chi connectivity index (χ3v) is 9.67. The molecule has 10 nitrogen and oxygen atoms in total. The van der Waals surface area contributed by atoms with Crippen molar-refractivity contribution in [2.75, 3.05) is 13.7 Å². The first-order valence-corrected chi connectivity index (χ1v) is 16.5. The van der Waals surface area contributed by atoms with Crippen molar-refractivity contribution in [1.82, 2.24) is 20.0 Å². The van der Waals surface area contributed by atoms with Crippen LogP contribution in [0.5, 0.6) is 0 Å². The van der Waals surface area contributed by atoms with E-state index in [9.17, 15) is 19.5 Å². The zero-order valence-electron chi connectivity index (χ0n) is 26.0. The van der Waals surface area contributed by atoms with Crippen LogP contribution < -0.4 is 5.32 Å². The highest BCUT2D eigenvalue weighted by atomic mass is 16.5. The topological polar surface area (TPSA) is 123 Å². The van der Waals surface area contributed by atoms with Crippen LogP contribution in [0.1, 0.15) is 110 Å². The Bertz CT molecular complexity index is 1240. The lowest BCUT2D eigenvalue weighted by Gasteiger charge is -2.38. The second kappa shape index (κ2) is 15.7. The molecule has 3 fully saturated rings. The quantitative estimate of drug-likeness (QED) is 0.339. The molecule has 0 aliphatic heterocycles. The number of likely N-dealkylation sites (N-methyl/N-ethyl adjacent to an activating group) is 1. The molecule has 4 atom stereocenters. The summed E-state index contributed by atoms with van der Waals surface area (Å²) < 4.78 is 13.9. The van der Waals surface area contributed by atoms with E-state index in [0.717, 1.165) is 63.5 Å². The highest BCUT2D eigenvalue weighted by Gasteiger charge is 2.34. The molecule has 10 heteroatoms. The molecule has 240 valence electrons. The Balaban J connectivity index is 1.23. The van der Waals surface area contributed by atoms with Crippen molar-refractivity contribution in [1.29, 1.82) is 0 Å². The van der Waals surface area contributed by atoms with Crippen LogP contribution in [0.2, 0.25) is 0 Å². The van der Waals surface area contributed by atoms with Gasteiger partial charge in [-0.3, -0.25) is 9.59 Å². The van der Waals surface area contributed by atoms with Gasteiger partial charge in [0.2, 0.25) is 5.91 Å². The molecule has 3 saturated carbocycles. The summed E-state index contributed by atoms with van der Waals surface area (Å²) >= 11 is 0. The van der Waals surface area contributed by atoms with Crippen LogP contribution in [0.15, 0.2) is 36.4 Å². The van der Waals surface area contributed by atoms with E-state index < -0.39 is 11.9 Å². The van der Waals surface area contributed by atoms with E-state index in [-0.39, 0.29) is 48.1 Å². The smallest absolute Gasteiger partial charge is 0.356 e. The molecule has 5 rings (SSSR count). The molecular weight excluding hydrogens is 560 g/mol. The summed E-state index contributed by atoms with van der Waals surface area (Å²) in [5, 5.41) is 16.9. The zero-order chi connectivity index (χ0) is 30.9. The average molecular weight is 609 g/mol. The fourth-order valence-electron chi connectivity index (χ4n) is 7.06. The van der Waals surface area contributed by atoms with E-state index in [2.05, 4.69) is 10.4 Å². The van der Waals surface area contributed by atoms with E-state index >= 15 is 0 Å². The number of rotatable bonds is 12. The third kappa shape index (κ3) is 8.47. The zero-order valence-corrected chi connectivity index (χ0v) is 26.0. The minimum absolute atomic E-state index is 0.0706. The fourth-order valence-corrected chi connectivity index (χ4v) is 7.06. The number of benzene rings is 1. The minimum atomic E-state index is -1.24. The van der Waals surface area contributed by atoms with E-state index in [0.29, 0.717) is 12.5 Å². The van der Waals surface area contributed by atoms with Crippen LogP contribution in [0.4, 0.5) is 0 Å². The summed E-state index contributed by atoms with van der Waals surface area (Å²) in [6, 6.07) is 11.0. The second-order valence-corrected chi connectivity index (χ2v) is 12.8. The van der Waals surface area contributed by atoms with Gasteiger partial charge >= 0.3 is 5.97 Å². The summed E-state index contributed by atoms with van der Waals surface area (Å²) in [5.41, 5.74) is 0.890. The number of amides is 2. The van der Waals surface area contributed by atoms with Crippen LogP contribution in [0, 0.1) is 5.92 Å². The first-order valence-electron chi connectivity index (χ1n) is 16.5. The van der Waals surface area contributed by atoms with Gasteiger partial charge in [0.05, 0.1) is 30.9 Å². The number of aromatic nitrogens is 2. The molecule has 2 amide bonds. The van der Waals surface area contributed by atoms with E-state index in [1.165, 1.54) is 42.9 Å². The number of nitrogens with zero attached hydrogens (tertiary/aromatic N) is 3. The number of carboxylic acids is 1. The molecule has 0 saturated heterocycles. The maximum absolute atomic E-state index is 13.6. The summed E-state index contributed by atoms with van der Waals surface area (Å²) in [5.74, 6) is -1.34. The molecule has 0 unspecified atom stereocenters. The van der Waals surface area contributed by atoms with Gasteiger partial charge < -0.3 is 24.8 Å². The fraction of sp³-hybridized carbons (Fsp3) is 0.647. The van der Waals surface area contributed by atoms with Crippen molar-refractivity contribution in [3.05, 3.63) is 53.3 Å². The average Bonchev–Trinajstić information content (AvgIpc) is 3.48. The Hall–Kier alpha value is -3.24. The molecule has 2 aromatic rings. The van der Waals surface area contributed by atoms with Gasteiger partial charge in [0.15, 0.2) is 5.69 Å². The molecule has 1 heterocycles. The van der Waals surface area contributed by atoms with Gasteiger partial charge in [0.25, 0.3) is 5.91 Å². The van der Waals surface area contributed by atoms with Gasteiger partial charge in [0.1, 0.15) is 12.2 Å². The highest BCUT2D eigenvalue weighted by Crippen LogP contribution is 2.28. The Morgan fingerprint density at radius 2 is 1.59 bits per heavy atom. The van der Waals surface area contributed by atoms with Gasteiger partial charge in [-0.2, -0.15) is 5.10 Å². The van der Waals surface area contributed by atoms with Crippen LogP contribution >= 0.6 is 0 Å². The largest absolute Gasteiger partial charge is 0.476 e. The summed E-state index contributed by atoms with van der Waals surface area (Å²) in [7, 11) is 1.76. The van der Waals surface area contributed by atoms with Crippen LogP contribution in [0.25, 0.3) is 0 Å². The third-order valence-electron chi connectivity index (χ3n) is 9.67. The normalized spacial score (nSPS) is 24.5. The maximum atomic E-state index is 13.6. The lowest BCUT2D eigenvalue weighted by atomic mass is 9.89. The first-order chi connectivity index (χ1) is 21.4. The van der Waals surface area contributed by atoms with Crippen LogP contribution in [-0.4, -0.2) is 75.5 Å². The predicted octanol–water partition coefficient (Wildman–Crippen LogP) is 5.21. The first kappa shape index (κ1) is 32.2. The van der Waals surface area contributed by atoms with Crippen molar-refractivity contribution in [2.45, 2.75) is 121 Å². The van der Waals surface area contributed by atoms with E-state index in [4.69, 9.17) is 9.47 Å². The van der Waals surface area contributed by atoms with Crippen molar-refractivity contribution >= 4 is 17.8 Å². The lowest BCUT2D eigenvalue weighted by Crippen LogP contribution is -2.49. The molecule has 3 aliphatic carbocycles. The number of hydrogen-bond donors (Lipinski definition) is 2. The Morgan fingerprint density at radius 1 is 0.909 bits per heavy atom. The molecule has 0 spiro atoms. The Labute approximate surface area is 260 Å². The van der Waals surface area contributed by atoms with E-state index in [1.807, 2.05) is 30.3 Å². The summed E-state index contributed by atoms with van der Waals surface area (Å²) in [4.78, 5) is 40.7. The molecule has 0 bridgehead atoms. The SMILES string of the molecule is CN(C(=O)Cn1nc(C(=O)O)cc1C(=O)N[C@H]1CCCC[C@@H]1OCC1CCCCC1)[C@H]1CCCC[C@@H]1OCc1ccccc1. The molecule has 2 N–H and O–H groups in total. The number of nitrogens with one attached hydrogen (secondary N) is 1. The molecule has 1 aromatic heterocycles. The van der Waals surface area contributed by atoms with Crippen molar-refractivity contribution < 1.29 is 29.0 Å². The molecule has 0 radical (unpaired) electrons. The number of hydrogen-bond acceptors (Lipinski definition) is 6. The standard InChI is InChI=1S/C34H48N4O6/c1-37(28-17-9-11-19-31(28)44-23-25-14-6-3-7-15-25)32(39)21-38-29(20-27(36-38)34(41)42)33(40)35-26-16-8-10-18-30(26)43-22-24-12-4-2-5-13-24/h3,6-7,14-15,20,24,26,28,30-31H,2,4-5,8-13,16-19,21-23H2,1H3,(H,35,40)(H,41,42)/t26-,28-,30-,31-/m0/s1. The Kier molecular flexibility index (Phi) is 11.4. The number of carboxylic acid groups (broad SMARTS) is 1. The molecular formula is C34H48N4O6. The summed E-state index contributed by atoms with van der Waals surface area (Å²) in [6.07, 6.45) is 13.5. The van der Waals surface area contributed by atoms with Gasteiger partial charge in [0, 0.05) is 19.7 Å². The van der Waals surface area contributed by atoms with Gasteiger partial charge in [-0.15, -0.1) is 0 Å². The highest BCUT2D eigenvalue weighted by molar-refractivity contribution is 5.96. The summed E-state index contributed by atoms with van der Waals surface area (Å²) in [6.45, 7) is 0.957. The van der Waals surface area contributed by atoms with Crippen LogP contribution in [0.3, 0.4) is 0 Å². The number of ether oxygens (including phenoxy) is 2. The molecule has 1 aromatic carbocycles. The number of aromatic carboxylic acids is 1. The predicted molar refractivity (Wildman–Crippen MR) is 165 cm³/mol. The Morgan fingerprint density at radius 3 is 2.34 bits per heavy atom. The van der Waals surface area contributed by atoms with Gasteiger partial charge in [-0.1, -0.05) is 75.3 Å². The maximum Gasteiger partial charge on any atom is 0.356 e. The van der Waals surface area contributed by atoms with E-state index in [1.54, 1.807) is 11.9 Å². The second-order valence-electron chi connectivity index (χ2n) is 12.8. The van der Waals surface area contributed by atoms with Crippen molar-refractivity contribution in [2.24, 2.45) is 5.92 Å². The minimum Gasteiger partial charge on any atom is -0.476 e. The molecule has 44 heavy (non-hydrogen) atoms. The van der Waals surface area contributed by atoms with Crippen molar-refractivity contribution in [3.63, 3.8) is 0 Å². The van der Waals surface area contributed by atoms with Gasteiger partial charge in [-0.05, 0) is 50.0 Å². The monoisotopic (exact) mass is 608 g/mol. The van der Waals surface area contributed by atoms with Gasteiger partial charge in [-0.25, -0.2) is 9.48 Å². The van der Waals surface area contributed by atoms with Crippen molar-refractivity contribution in [3.8, 4) is 0 Å². The number of carbonyl (C=O) groups excluding carboxylic acids is 2.